The molecule has 0 fully saturated rings. The number of anilines is 3. The van der Waals surface area contributed by atoms with E-state index in [1.807, 2.05) is 50.2 Å². The van der Waals surface area contributed by atoms with Gasteiger partial charge in [-0.15, -0.1) is 5.10 Å². The molecule has 4 rings (SSSR count). The molecular formula is C25H29N7O4. The van der Waals surface area contributed by atoms with Crippen LogP contribution in [0.4, 0.5) is 17.2 Å². The van der Waals surface area contributed by atoms with Gasteiger partial charge in [-0.1, -0.05) is 0 Å². The molecule has 2 aromatic carbocycles. The molecule has 0 radical (unpaired) electrons. The molecular weight excluding hydrogens is 462 g/mol. The van der Waals surface area contributed by atoms with Crippen LogP contribution < -0.4 is 30.6 Å². The number of hydrogen-bond acceptors (Lipinski definition) is 9. The third kappa shape index (κ3) is 4.95. The quantitative estimate of drug-likeness (QED) is 0.304. The van der Waals surface area contributed by atoms with Crippen molar-refractivity contribution in [3.05, 3.63) is 47.9 Å². The van der Waals surface area contributed by atoms with Gasteiger partial charge in [0.1, 0.15) is 11.3 Å². The highest BCUT2D eigenvalue weighted by Gasteiger charge is 2.18. The van der Waals surface area contributed by atoms with Crippen LogP contribution >= 0.6 is 0 Å². The largest absolute Gasteiger partial charge is 0.493 e. The van der Waals surface area contributed by atoms with E-state index in [1.165, 1.54) is 0 Å². The molecule has 188 valence electrons. The van der Waals surface area contributed by atoms with E-state index in [0.29, 0.717) is 41.1 Å². The number of carbonyl (C=O) groups is 1. The Bertz CT molecular complexity index is 1380. The van der Waals surface area contributed by atoms with Gasteiger partial charge >= 0.3 is 0 Å². The number of aromatic nitrogens is 4. The molecule has 0 saturated heterocycles. The summed E-state index contributed by atoms with van der Waals surface area (Å²) < 4.78 is 18.2. The molecule has 11 heteroatoms. The van der Waals surface area contributed by atoms with E-state index < -0.39 is 0 Å². The SMILES string of the molecule is COc1cc(Nc2nc(-c3ccc(NCCC(N)=O)cc3)nn3c(C)nc(C)c23)cc(OC)c1OC. The maximum absolute atomic E-state index is 11.0. The van der Waals surface area contributed by atoms with Crippen LogP contribution in [-0.2, 0) is 4.79 Å². The molecule has 0 aliphatic heterocycles. The lowest BCUT2D eigenvalue weighted by atomic mass is 10.2. The van der Waals surface area contributed by atoms with Gasteiger partial charge in [0, 0.05) is 42.0 Å². The number of primary amides is 1. The zero-order valence-corrected chi connectivity index (χ0v) is 20.9. The van der Waals surface area contributed by atoms with Gasteiger partial charge in [-0.05, 0) is 38.1 Å². The predicted octanol–water partition coefficient (Wildman–Crippen LogP) is 3.46. The number of benzene rings is 2. The Labute approximate surface area is 208 Å². The van der Waals surface area contributed by atoms with Crippen LogP contribution in [0.5, 0.6) is 17.2 Å². The first-order valence-electron chi connectivity index (χ1n) is 11.3. The molecule has 0 spiro atoms. The average Bonchev–Trinajstić information content (AvgIpc) is 3.16. The van der Waals surface area contributed by atoms with Crippen molar-refractivity contribution in [3.63, 3.8) is 0 Å². The van der Waals surface area contributed by atoms with Crippen molar-refractivity contribution in [1.29, 1.82) is 0 Å². The van der Waals surface area contributed by atoms with Crippen molar-refractivity contribution in [2.75, 3.05) is 38.5 Å². The molecule has 0 aliphatic rings. The van der Waals surface area contributed by atoms with Gasteiger partial charge in [-0.3, -0.25) is 4.79 Å². The lowest BCUT2D eigenvalue weighted by Gasteiger charge is -2.16. The first kappa shape index (κ1) is 24.6. The Kier molecular flexibility index (Phi) is 7.09. The highest BCUT2D eigenvalue weighted by Crippen LogP contribution is 2.41. The van der Waals surface area contributed by atoms with Gasteiger partial charge in [-0.25, -0.2) is 14.5 Å². The minimum atomic E-state index is -0.348. The molecule has 1 amide bonds. The lowest BCUT2D eigenvalue weighted by molar-refractivity contribution is -0.117. The van der Waals surface area contributed by atoms with E-state index in [-0.39, 0.29) is 12.3 Å². The van der Waals surface area contributed by atoms with Gasteiger partial charge in [0.15, 0.2) is 23.1 Å². The number of hydrogen-bond donors (Lipinski definition) is 3. The van der Waals surface area contributed by atoms with Crippen LogP contribution in [0, 0.1) is 13.8 Å². The molecule has 36 heavy (non-hydrogen) atoms. The van der Waals surface area contributed by atoms with E-state index in [9.17, 15) is 4.79 Å². The molecule has 0 atom stereocenters. The summed E-state index contributed by atoms with van der Waals surface area (Å²) >= 11 is 0. The van der Waals surface area contributed by atoms with Crippen molar-refractivity contribution in [3.8, 4) is 28.6 Å². The zero-order valence-electron chi connectivity index (χ0n) is 20.9. The highest BCUT2D eigenvalue weighted by atomic mass is 16.5. The Morgan fingerprint density at radius 1 is 0.972 bits per heavy atom. The fourth-order valence-electron chi connectivity index (χ4n) is 3.89. The van der Waals surface area contributed by atoms with Crippen LogP contribution in [-0.4, -0.2) is 53.4 Å². The number of rotatable bonds is 10. The number of amides is 1. The van der Waals surface area contributed by atoms with Gasteiger partial charge in [-0.2, -0.15) is 0 Å². The molecule has 0 saturated carbocycles. The number of carbonyl (C=O) groups excluding carboxylic acids is 1. The summed E-state index contributed by atoms with van der Waals surface area (Å²) in [4.78, 5) is 20.4. The van der Waals surface area contributed by atoms with Crippen molar-refractivity contribution in [2.45, 2.75) is 20.3 Å². The monoisotopic (exact) mass is 491 g/mol. The molecule has 2 heterocycles. The number of methoxy groups -OCH3 is 3. The molecule has 4 aromatic rings. The van der Waals surface area contributed by atoms with Crippen LogP contribution in [0.1, 0.15) is 17.9 Å². The van der Waals surface area contributed by atoms with E-state index in [1.54, 1.807) is 25.8 Å². The van der Waals surface area contributed by atoms with E-state index in [4.69, 9.17) is 30.0 Å². The number of nitrogens with one attached hydrogen (secondary N) is 2. The second-order valence-corrected chi connectivity index (χ2v) is 8.05. The second-order valence-electron chi connectivity index (χ2n) is 8.05. The van der Waals surface area contributed by atoms with Crippen LogP contribution in [0.2, 0.25) is 0 Å². The Morgan fingerprint density at radius 2 is 1.64 bits per heavy atom. The normalized spacial score (nSPS) is 10.8. The first-order valence-corrected chi connectivity index (χ1v) is 11.3. The fourth-order valence-corrected chi connectivity index (χ4v) is 3.89. The van der Waals surface area contributed by atoms with Crippen molar-refractivity contribution in [2.24, 2.45) is 5.73 Å². The predicted molar refractivity (Wildman–Crippen MR) is 137 cm³/mol. The highest BCUT2D eigenvalue weighted by molar-refractivity contribution is 5.79. The average molecular weight is 492 g/mol. The standard InChI is InChI=1S/C25H29N7O4/c1-14-22-25(29-18-12-19(34-3)23(36-5)20(13-18)35-4)30-24(31-32(22)15(2)28-14)16-6-8-17(9-7-16)27-11-10-21(26)33/h6-9,12-13,27H,10-11H2,1-5H3,(H2,26,33)(H,29,30,31). The van der Waals surface area contributed by atoms with Gasteiger partial charge in [0.25, 0.3) is 0 Å². The second kappa shape index (κ2) is 10.4. The third-order valence-electron chi connectivity index (χ3n) is 5.60. The molecule has 2 aromatic heterocycles. The number of nitrogens with zero attached hydrogens (tertiary/aromatic N) is 4. The summed E-state index contributed by atoms with van der Waals surface area (Å²) in [6, 6.07) is 11.3. The van der Waals surface area contributed by atoms with Crippen molar-refractivity contribution >= 4 is 28.6 Å². The van der Waals surface area contributed by atoms with Gasteiger partial charge < -0.3 is 30.6 Å². The van der Waals surface area contributed by atoms with Crippen molar-refractivity contribution < 1.29 is 19.0 Å². The number of fused-ring (bicyclic) bond motifs is 1. The maximum Gasteiger partial charge on any atom is 0.219 e. The molecule has 11 nitrogen and oxygen atoms in total. The number of imidazole rings is 1. The van der Waals surface area contributed by atoms with Crippen LogP contribution in [0.3, 0.4) is 0 Å². The molecule has 0 unspecified atom stereocenters. The Hall–Kier alpha value is -4.54. The molecule has 0 aliphatic carbocycles. The minimum Gasteiger partial charge on any atom is -0.493 e. The maximum atomic E-state index is 11.0. The summed E-state index contributed by atoms with van der Waals surface area (Å²) in [5, 5.41) is 11.3. The summed E-state index contributed by atoms with van der Waals surface area (Å²) in [6.07, 6.45) is 0.261. The summed E-state index contributed by atoms with van der Waals surface area (Å²) in [7, 11) is 4.70. The third-order valence-corrected chi connectivity index (χ3v) is 5.60. The van der Waals surface area contributed by atoms with Crippen molar-refractivity contribution in [1.82, 2.24) is 19.6 Å². The zero-order chi connectivity index (χ0) is 25.8. The number of ether oxygens (including phenoxy) is 3. The van der Waals surface area contributed by atoms with Gasteiger partial charge in [0.2, 0.25) is 11.7 Å². The van der Waals surface area contributed by atoms with Crippen LogP contribution in [0.25, 0.3) is 16.9 Å². The van der Waals surface area contributed by atoms with Crippen LogP contribution in [0.15, 0.2) is 36.4 Å². The fraction of sp³-hybridized carbons (Fsp3) is 0.280. The molecule has 0 bridgehead atoms. The summed E-state index contributed by atoms with van der Waals surface area (Å²) in [6.45, 7) is 4.28. The smallest absolute Gasteiger partial charge is 0.219 e. The van der Waals surface area contributed by atoms with Gasteiger partial charge in [0.05, 0.1) is 27.0 Å². The molecule has 4 N–H and O–H groups in total. The summed E-state index contributed by atoms with van der Waals surface area (Å²) in [5.41, 5.74) is 9.14. The van der Waals surface area contributed by atoms with E-state index in [0.717, 1.165) is 28.3 Å². The number of aryl methyl sites for hydroxylation is 2. The lowest BCUT2D eigenvalue weighted by Crippen LogP contribution is -2.15. The van der Waals surface area contributed by atoms with E-state index in [2.05, 4.69) is 15.6 Å². The number of nitrogens with two attached hydrogens (primary N) is 1. The van der Waals surface area contributed by atoms with E-state index >= 15 is 0 Å². The first-order chi connectivity index (χ1) is 17.3. The minimum absolute atomic E-state index is 0.261. The Balaban J connectivity index is 1.74. The Morgan fingerprint density at radius 3 is 2.22 bits per heavy atom. The summed E-state index contributed by atoms with van der Waals surface area (Å²) in [5.74, 6) is 3.02. The topological polar surface area (TPSA) is 138 Å².